The summed E-state index contributed by atoms with van der Waals surface area (Å²) in [5.74, 6) is 0.850. The van der Waals surface area contributed by atoms with Crippen LogP contribution in [-0.4, -0.2) is 22.1 Å². The first kappa shape index (κ1) is 17.2. The fourth-order valence-corrected chi connectivity index (χ4v) is 2.97. The van der Waals surface area contributed by atoms with Crippen LogP contribution in [-0.2, 0) is 17.7 Å². The van der Waals surface area contributed by atoms with E-state index in [2.05, 4.69) is 23.6 Å². The summed E-state index contributed by atoms with van der Waals surface area (Å²) >= 11 is 0. The lowest BCUT2D eigenvalue weighted by atomic mass is 10.1. The average molecular weight is 336 g/mol. The molecule has 0 spiro atoms. The second-order valence-corrected chi connectivity index (χ2v) is 6.12. The zero-order valence-electron chi connectivity index (χ0n) is 14.9. The van der Waals surface area contributed by atoms with Gasteiger partial charge in [-0.2, -0.15) is 0 Å². The minimum absolute atomic E-state index is 0.272. The number of fused-ring (bicyclic) bond motifs is 1. The number of ether oxygens (including phenoxy) is 1. The number of aromatic nitrogens is 2. The Kier molecular flexibility index (Phi) is 5.49. The van der Waals surface area contributed by atoms with Crippen LogP contribution in [0.15, 0.2) is 48.5 Å². The largest absolute Gasteiger partial charge is 0.462 e. The Morgan fingerprint density at radius 3 is 2.56 bits per heavy atom. The number of unbranched alkanes of at least 4 members (excludes halogenated alkanes) is 1. The minimum atomic E-state index is -0.272. The van der Waals surface area contributed by atoms with Gasteiger partial charge in [-0.25, -0.2) is 9.78 Å². The summed E-state index contributed by atoms with van der Waals surface area (Å²) in [7, 11) is 0. The molecule has 0 saturated heterocycles. The number of aryl methyl sites for hydroxylation is 1. The first-order valence-corrected chi connectivity index (χ1v) is 8.93. The van der Waals surface area contributed by atoms with Crippen molar-refractivity contribution in [1.29, 1.82) is 0 Å². The molecule has 130 valence electrons. The van der Waals surface area contributed by atoms with E-state index in [1.807, 2.05) is 43.3 Å². The first-order valence-electron chi connectivity index (χ1n) is 8.93. The number of carbonyl (C=O) groups is 1. The number of rotatable bonds is 7. The Bertz CT molecular complexity index is 850. The molecule has 0 aliphatic carbocycles. The average Bonchev–Trinajstić information content (AvgIpc) is 2.98. The van der Waals surface area contributed by atoms with Gasteiger partial charge in [-0.05, 0) is 43.2 Å². The third kappa shape index (κ3) is 3.90. The van der Waals surface area contributed by atoms with Crippen molar-refractivity contribution in [2.45, 2.75) is 39.7 Å². The van der Waals surface area contributed by atoms with Crippen LogP contribution in [0.4, 0.5) is 0 Å². The maximum absolute atomic E-state index is 11.8. The van der Waals surface area contributed by atoms with Crippen molar-refractivity contribution in [3.05, 3.63) is 65.5 Å². The van der Waals surface area contributed by atoms with Gasteiger partial charge in [-0.15, -0.1) is 0 Å². The van der Waals surface area contributed by atoms with Crippen molar-refractivity contribution in [1.82, 2.24) is 9.55 Å². The van der Waals surface area contributed by atoms with Gasteiger partial charge in [0, 0.05) is 13.0 Å². The predicted octanol–water partition coefficient (Wildman–Crippen LogP) is 4.60. The Labute approximate surface area is 148 Å². The number of nitrogens with zero attached hydrogens (tertiary/aromatic N) is 2. The smallest absolute Gasteiger partial charge is 0.338 e. The van der Waals surface area contributed by atoms with E-state index in [-0.39, 0.29) is 5.97 Å². The van der Waals surface area contributed by atoms with E-state index >= 15 is 0 Å². The number of hydrogen-bond acceptors (Lipinski definition) is 3. The Balaban J connectivity index is 1.87. The summed E-state index contributed by atoms with van der Waals surface area (Å²) in [6.07, 6.45) is 3.26. The number of carbonyl (C=O) groups excluding carboxylic acids is 1. The van der Waals surface area contributed by atoms with Gasteiger partial charge in [0.05, 0.1) is 23.2 Å². The molecule has 25 heavy (non-hydrogen) atoms. The molecule has 0 amide bonds. The summed E-state index contributed by atoms with van der Waals surface area (Å²) in [5, 5.41) is 0. The van der Waals surface area contributed by atoms with Crippen molar-refractivity contribution < 1.29 is 9.53 Å². The molecule has 0 N–H and O–H groups in total. The third-order valence-electron chi connectivity index (χ3n) is 4.29. The molecule has 3 aromatic rings. The van der Waals surface area contributed by atoms with Crippen LogP contribution in [0.1, 0.15) is 48.4 Å². The summed E-state index contributed by atoms with van der Waals surface area (Å²) < 4.78 is 7.32. The summed E-state index contributed by atoms with van der Waals surface area (Å²) in [6.45, 7) is 5.15. The van der Waals surface area contributed by atoms with Gasteiger partial charge in [0.15, 0.2) is 0 Å². The van der Waals surface area contributed by atoms with Crippen LogP contribution in [0.3, 0.4) is 0 Å². The summed E-state index contributed by atoms with van der Waals surface area (Å²) in [5.41, 5.74) is 3.93. The second-order valence-electron chi connectivity index (χ2n) is 6.12. The fraction of sp³-hybridized carbons (Fsp3) is 0.333. The molecule has 0 unspecified atom stereocenters. The summed E-state index contributed by atoms with van der Waals surface area (Å²) in [4.78, 5) is 16.6. The topological polar surface area (TPSA) is 44.1 Å². The maximum Gasteiger partial charge on any atom is 0.338 e. The molecule has 4 nitrogen and oxygen atoms in total. The normalized spacial score (nSPS) is 11.0. The lowest BCUT2D eigenvalue weighted by Crippen LogP contribution is -2.07. The SMILES string of the molecule is CCCCc1nc2ccccc2n1Cc1ccc(C(=O)OCC)cc1. The molecule has 2 aromatic carbocycles. The molecule has 0 saturated carbocycles. The lowest BCUT2D eigenvalue weighted by molar-refractivity contribution is 0.0526. The minimum Gasteiger partial charge on any atom is -0.462 e. The van der Waals surface area contributed by atoms with Crippen molar-refractivity contribution in [3.8, 4) is 0 Å². The van der Waals surface area contributed by atoms with E-state index in [0.717, 1.165) is 48.2 Å². The molecule has 0 fully saturated rings. The Morgan fingerprint density at radius 1 is 1.08 bits per heavy atom. The molecule has 0 radical (unpaired) electrons. The van der Waals surface area contributed by atoms with Crippen LogP contribution in [0.25, 0.3) is 11.0 Å². The molecule has 0 aliphatic heterocycles. The van der Waals surface area contributed by atoms with E-state index in [1.165, 1.54) is 0 Å². The van der Waals surface area contributed by atoms with Crippen molar-refractivity contribution in [3.63, 3.8) is 0 Å². The van der Waals surface area contributed by atoms with Crippen LogP contribution < -0.4 is 0 Å². The van der Waals surface area contributed by atoms with Gasteiger partial charge in [0.25, 0.3) is 0 Å². The van der Waals surface area contributed by atoms with E-state index in [1.54, 1.807) is 0 Å². The van der Waals surface area contributed by atoms with Crippen molar-refractivity contribution in [2.24, 2.45) is 0 Å². The van der Waals surface area contributed by atoms with Crippen molar-refractivity contribution in [2.75, 3.05) is 6.61 Å². The quantitative estimate of drug-likeness (QED) is 0.592. The number of benzene rings is 2. The summed E-state index contributed by atoms with van der Waals surface area (Å²) in [6, 6.07) is 15.9. The van der Waals surface area contributed by atoms with Gasteiger partial charge in [0.2, 0.25) is 0 Å². The van der Waals surface area contributed by atoms with Gasteiger partial charge < -0.3 is 9.30 Å². The monoisotopic (exact) mass is 336 g/mol. The molecule has 4 heteroatoms. The van der Waals surface area contributed by atoms with Crippen LogP contribution >= 0.6 is 0 Å². The van der Waals surface area contributed by atoms with Crippen LogP contribution in [0.5, 0.6) is 0 Å². The standard InChI is InChI=1S/C21H24N2O2/c1-3-5-10-20-22-18-8-6-7-9-19(18)23(20)15-16-11-13-17(14-12-16)21(24)25-4-2/h6-9,11-14H,3-5,10,15H2,1-2H3. The molecule has 0 atom stereocenters. The highest BCUT2D eigenvalue weighted by atomic mass is 16.5. The van der Waals surface area contributed by atoms with E-state index in [9.17, 15) is 4.79 Å². The van der Waals surface area contributed by atoms with E-state index < -0.39 is 0 Å². The van der Waals surface area contributed by atoms with Gasteiger partial charge in [0.1, 0.15) is 5.82 Å². The maximum atomic E-state index is 11.8. The van der Waals surface area contributed by atoms with Gasteiger partial charge in [-0.1, -0.05) is 37.6 Å². The number of esters is 1. The van der Waals surface area contributed by atoms with Gasteiger partial charge in [-0.3, -0.25) is 0 Å². The van der Waals surface area contributed by atoms with E-state index in [4.69, 9.17) is 9.72 Å². The molecule has 0 aliphatic rings. The molecule has 1 aromatic heterocycles. The Morgan fingerprint density at radius 2 is 1.84 bits per heavy atom. The lowest BCUT2D eigenvalue weighted by Gasteiger charge is -2.10. The molecule has 3 rings (SSSR count). The van der Waals surface area contributed by atoms with Crippen LogP contribution in [0.2, 0.25) is 0 Å². The zero-order valence-corrected chi connectivity index (χ0v) is 14.9. The highest BCUT2D eigenvalue weighted by Gasteiger charge is 2.11. The van der Waals surface area contributed by atoms with Crippen LogP contribution in [0, 0.1) is 0 Å². The highest BCUT2D eigenvalue weighted by Crippen LogP contribution is 2.19. The zero-order chi connectivity index (χ0) is 17.6. The van der Waals surface area contributed by atoms with Gasteiger partial charge >= 0.3 is 5.97 Å². The highest BCUT2D eigenvalue weighted by molar-refractivity contribution is 5.89. The Hall–Kier alpha value is -2.62. The third-order valence-corrected chi connectivity index (χ3v) is 4.29. The number of hydrogen-bond donors (Lipinski definition) is 0. The molecular weight excluding hydrogens is 312 g/mol. The second kappa shape index (κ2) is 7.97. The van der Waals surface area contributed by atoms with Crippen molar-refractivity contribution >= 4 is 17.0 Å². The molecule has 0 bridgehead atoms. The first-order chi connectivity index (χ1) is 12.2. The number of para-hydroxylation sites is 2. The molecule has 1 heterocycles. The number of imidazole rings is 1. The fourth-order valence-electron chi connectivity index (χ4n) is 2.97. The predicted molar refractivity (Wildman–Crippen MR) is 99.8 cm³/mol. The molecular formula is C21H24N2O2. The van der Waals surface area contributed by atoms with E-state index in [0.29, 0.717) is 12.2 Å².